The van der Waals surface area contributed by atoms with Gasteiger partial charge in [0.15, 0.2) is 4.67 Å². The molecule has 1 rings (SSSR count). The Bertz CT molecular complexity index is 352. The third-order valence-corrected chi connectivity index (χ3v) is 2.29. The molecule has 0 aromatic carbocycles. The summed E-state index contributed by atoms with van der Waals surface area (Å²) in [5.74, 6) is 0.410. The van der Waals surface area contributed by atoms with E-state index in [0.29, 0.717) is 23.7 Å². The van der Waals surface area contributed by atoms with Crippen molar-refractivity contribution in [1.29, 1.82) is 0 Å². The van der Waals surface area contributed by atoms with Crippen molar-refractivity contribution in [3.63, 3.8) is 0 Å². The van der Waals surface area contributed by atoms with Gasteiger partial charge in [0.25, 0.3) is 0 Å². The number of carbonyl (C=O) groups excluding carboxylic acids is 1. The molecule has 96 valence electrons. The average Bonchev–Trinajstić information content (AvgIpc) is 2.63. The van der Waals surface area contributed by atoms with Gasteiger partial charge in [-0.15, -0.1) is 0 Å². The highest BCUT2D eigenvalue weighted by atomic mass is 79.9. The molecule has 1 aromatic rings. The van der Waals surface area contributed by atoms with Gasteiger partial charge in [0.1, 0.15) is 0 Å². The van der Waals surface area contributed by atoms with E-state index in [1.165, 1.54) is 0 Å². The van der Waals surface area contributed by atoms with Crippen molar-refractivity contribution in [2.45, 2.75) is 26.4 Å². The molecule has 0 radical (unpaired) electrons. The van der Waals surface area contributed by atoms with Crippen LogP contribution in [-0.2, 0) is 4.74 Å². The van der Waals surface area contributed by atoms with Crippen LogP contribution in [0.1, 0.15) is 20.3 Å². The fourth-order valence-corrected chi connectivity index (χ4v) is 1.44. The van der Waals surface area contributed by atoms with Gasteiger partial charge in [0.2, 0.25) is 5.88 Å². The second-order valence-corrected chi connectivity index (χ2v) is 4.54. The van der Waals surface area contributed by atoms with E-state index in [1.54, 1.807) is 12.1 Å². The van der Waals surface area contributed by atoms with Crippen molar-refractivity contribution in [3.8, 4) is 0 Å². The van der Waals surface area contributed by atoms with Crippen LogP contribution in [0.3, 0.4) is 0 Å². The summed E-state index contributed by atoms with van der Waals surface area (Å²) in [5, 5.41) is 5.28. The molecule has 0 bridgehead atoms. The first kappa shape index (κ1) is 14.1. The average molecular weight is 305 g/mol. The molecular weight excluding hydrogens is 288 g/mol. The Morgan fingerprint density at radius 1 is 1.53 bits per heavy atom. The third-order valence-electron chi connectivity index (χ3n) is 1.87. The molecule has 0 saturated heterocycles. The van der Waals surface area contributed by atoms with E-state index in [2.05, 4.69) is 26.6 Å². The predicted molar refractivity (Wildman–Crippen MR) is 69.1 cm³/mol. The molecule has 1 aromatic heterocycles. The molecule has 0 atom stereocenters. The minimum atomic E-state index is -0.281. The highest BCUT2D eigenvalue weighted by Crippen LogP contribution is 2.17. The lowest BCUT2D eigenvalue weighted by Gasteiger charge is -2.08. The molecule has 0 unspecified atom stereocenters. The molecule has 0 spiro atoms. The molecule has 0 saturated carbocycles. The number of nitrogens with one attached hydrogen (secondary N) is 2. The van der Waals surface area contributed by atoms with E-state index in [1.807, 2.05) is 13.8 Å². The lowest BCUT2D eigenvalue weighted by Crippen LogP contribution is -2.30. The zero-order valence-corrected chi connectivity index (χ0v) is 11.5. The van der Waals surface area contributed by atoms with Crippen molar-refractivity contribution in [3.05, 3.63) is 16.8 Å². The van der Waals surface area contributed by atoms with Gasteiger partial charge in [0, 0.05) is 19.2 Å². The number of rotatable bonds is 6. The molecule has 2 amide bonds. The summed E-state index contributed by atoms with van der Waals surface area (Å²) in [6.45, 7) is 5.18. The quantitative estimate of drug-likeness (QED) is 0.794. The molecule has 17 heavy (non-hydrogen) atoms. The Morgan fingerprint density at radius 2 is 2.29 bits per heavy atom. The molecular formula is C11H17BrN2O3. The van der Waals surface area contributed by atoms with Crippen molar-refractivity contribution in [2.75, 3.05) is 18.5 Å². The van der Waals surface area contributed by atoms with Gasteiger partial charge < -0.3 is 14.5 Å². The van der Waals surface area contributed by atoms with Crippen LogP contribution in [0.2, 0.25) is 0 Å². The maximum absolute atomic E-state index is 11.4. The molecule has 5 nitrogen and oxygen atoms in total. The molecule has 0 fully saturated rings. The standard InChI is InChI=1S/C11H17BrN2O3/c1-8(2)16-7-3-6-13-11(15)14-10-5-4-9(12)17-10/h4-5,8H,3,6-7H2,1-2H3,(H2,13,14,15). The van der Waals surface area contributed by atoms with Crippen LogP contribution in [0.15, 0.2) is 21.2 Å². The normalized spacial score (nSPS) is 10.6. The van der Waals surface area contributed by atoms with Crippen LogP contribution < -0.4 is 10.6 Å². The summed E-state index contributed by atoms with van der Waals surface area (Å²) in [7, 11) is 0. The smallest absolute Gasteiger partial charge is 0.321 e. The highest BCUT2D eigenvalue weighted by Gasteiger charge is 2.04. The van der Waals surface area contributed by atoms with Crippen LogP contribution in [0, 0.1) is 0 Å². The minimum Gasteiger partial charge on any atom is -0.434 e. The number of amides is 2. The van der Waals surface area contributed by atoms with Crippen LogP contribution in [0.25, 0.3) is 0 Å². The zero-order valence-electron chi connectivity index (χ0n) is 9.96. The lowest BCUT2D eigenvalue weighted by atomic mass is 10.4. The minimum absolute atomic E-state index is 0.226. The van der Waals surface area contributed by atoms with Gasteiger partial charge in [0.05, 0.1) is 6.10 Å². The summed E-state index contributed by atoms with van der Waals surface area (Å²) in [6, 6.07) is 3.11. The molecule has 0 aliphatic heterocycles. The fraction of sp³-hybridized carbons (Fsp3) is 0.545. The first-order valence-electron chi connectivity index (χ1n) is 5.49. The van der Waals surface area contributed by atoms with Crippen LogP contribution in [0.4, 0.5) is 10.7 Å². The molecule has 1 heterocycles. The van der Waals surface area contributed by atoms with E-state index in [-0.39, 0.29) is 12.1 Å². The number of furan rings is 1. The first-order valence-corrected chi connectivity index (χ1v) is 6.29. The Labute approximate surface area is 109 Å². The van der Waals surface area contributed by atoms with Crippen LogP contribution in [0.5, 0.6) is 0 Å². The van der Waals surface area contributed by atoms with E-state index >= 15 is 0 Å². The SMILES string of the molecule is CC(C)OCCCNC(=O)Nc1ccc(Br)o1. The predicted octanol–water partition coefficient (Wildman–Crippen LogP) is 2.98. The second kappa shape index (κ2) is 7.34. The van der Waals surface area contributed by atoms with Gasteiger partial charge in [-0.25, -0.2) is 4.79 Å². The van der Waals surface area contributed by atoms with Gasteiger partial charge in [-0.2, -0.15) is 0 Å². The van der Waals surface area contributed by atoms with Crippen molar-refractivity contribution in [2.24, 2.45) is 0 Å². The summed E-state index contributed by atoms with van der Waals surface area (Å²) in [5.41, 5.74) is 0. The van der Waals surface area contributed by atoms with Crippen molar-refractivity contribution in [1.82, 2.24) is 5.32 Å². The summed E-state index contributed by atoms with van der Waals surface area (Å²) >= 11 is 3.15. The maximum Gasteiger partial charge on any atom is 0.321 e. The van der Waals surface area contributed by atoms with Gasteiger partial charge >= 0.3 is 6.03 Å². The second-order valence-electron chi connectivity index (χ2n) is 3.76. The Balaban J connectivity index is 2.09. The molecule has 0 aliphatic carbocycles. The zero-order chi connectivity index (χ0) is 12.7. The fourth-order valence-electron chi connectivity index (χ4n) is 1.13. The first-order chi connectivity index (χ1) is 8.08. The number of halogens is 1. The Morgan fingerprint density at radius 3 is 2.88 bits per heavy atom. The Hall–Kier alpha value is -1.01. The summed E-state index contributed by atoms with van der Waals surface area (Å²) in [6.07, 6.45) is 1.01. The summed E-state index contributed by atoms with van der Waals surface area (Å²) in [4.78, 5) is 11.4. The monoisotopic (exact) mass is 304 g/mol. The maximum atomic E-state index is 11.4. The van der Waals surface area contributed by atoms with Crippen molar-refractivity contribution >= 4 is 27.8 Å². The lowest BCUT2D eigenvalue weighted by molar-refractivity contribution is 0.0775. The number of anilines is 1. The third kappa shape index (κ3) is 6.33. The number of urea groups is 1. The van der Waals surface area contributed by atoms with Crippen LogP contribution >= 0.6 is 15.9 Å². The van der Waals surface area contributed by atoms with Crippen LogP contribution in [-0.4, -0.2) is 25.3 Å². The number of hydrogen-bond acceptors (Lipinski definition) is 3. The van der Waals surface area contributed by atoms with E-state index in [0.717, 1.165) is 6.42 Å². The topological polar surface area (TPSA) is 63.5 Å². The molecule has 0 aliphatic rings. The number of ether oxygens (including phenoxy) is 1. The Kier molecular flexibility index (Phi) is 6.07. The van der Waals surface area contributed by atoms with E-state index in [9.17, 15) is 4.79 Å². The number of hydrogen-bond donors (Lipinski definition) is 2. The number of carbonyl (C=O) groups is 1. The van der Waals surface area contributed by atoms with Crippen molar-refractivity contribution < 1.29 is 13.9 Å². The van der Waals surface area contributed by atoms with E-state index in [4.69, 9.17) is 9.15 Å². The van der Waals surface area contributed by atoms with Gasteiger partial charge in [-0.3, -0.25) is 5.32 Å². The van der Waals surface area contributed by atoms with Gasteiger partial charge in [-0.05, 0) is 42.3 Å². The van der Waals surface area contributed by atoms with E-state index < -0.39 is 0 Å². The largest absolute Gasteiger partial charge is 0.434 e. The summed E-state index contributed by atoms with van der Waals surface area (Å²) < 4.78 is 11.1. The highest BCUT2D eigenvalue weighted by molar-refractivity contribution is 9.10. The molecule has 2 N–H and O–H groups in total. The van der Waals surface area contributed by atoms with Gasteiger partial charge in [-0.1, -0.05) is 0 Å². The molecule has 6 heteroatoms.